The van der Waals surface area contributed by atoms with Crippen molar-refractivity contribution in [3.8, 4) is 11.5 Å². The van der Waals surface area contributed by atoms with Gasteiger partial charge in [0.15, 0.2) is 11.5 Å². The van der Waals surface area contributed by atoms with E-state index in [1.165, 1.54) is 21.9 Å². The Morgan fingerprint density at radius 1 is 1.08 bits per heavy atom. The molecule has 0 aromatic heterocycles. The van der Waals surface area contributed by atoms with E-state index in [-0.39, 0.29) is 12.8 Å². The number of hydrogen-bond donors (Lipinski definition) is 1. The molecule has 24 heavy (non-hydrogen) atoms. The van der Waals surface area contributed by atoms with Gasteiger partial charge in [-0.2, -0.15) is 0 Å². The Hall–Kier alpha value is -2.04. The zero-order chi connectivity index (χ0) is 16.5. The molecule has 3 aromatic rings. The number of rotatable bonds is 4. The van der Waals surface area contributed by atoms with Crippen LogP contribution in [-0.2, 0) is 6.54 Å². The largest absolute Gasteiger partial charge is 0.454 e. The molecule has 0 saturated heterocycles. The monoisotopic (exact) mass is 383 g/mol. The predicted octanol–water partition coefficient (Wildman–Crippen LogP) is 5.18. The molecule has 1 atom stereocenters. The van der Waals surface area contributed by atoms with Crippen molar-refractivity contribution in [2.45, 2.75) is 19.5 Å². The van der Waals surface area contributed by atoms with Crippen molar-refractivity contribution in [3.05, 3.63) is 70.2 Å². The first kappa shape index (κ1) is 15.5. The minimum absolute atomic E-state index is 0.250. The van der Waals surface area contributed by atoms with Gasteiger partial charge in [-0.05, 0) is 56.9 Å². The van der Waals surface area contributed by atoms with Gasteiger partial charge in [0.05, 0.1) is 4.47 Å². The fourth-order valence-electron chi connectivity index (χ4n) is 3.13. The molecule has 1 heterocycles. The lowest BCUT2D eigenvalue weighted by atomic mass is 9.99. The van der Waals surface area contributed by atoms with Crippen molar-refractivity contribution >= 4 is 26.7 Å². The summed E-state index contributed by atoms with van der Waals surface area (Å²) >= 11 is 3.55. The number of ether oxygens (including phenoxy) is 2. The fraction of sp³-hybridized carbons (Fsp3) is 0.200. The van der Waals surface area contributed by atoms with Crippen molar-refractivity contribution in [2.75, 3.05) is 6.79 Å². The van der Waals surface area contributed by atoms with E-state index in [2.05, 4.69) is 76.7 Å². The molecular formula is C20H18BrNO2. The molecule has 3 aromatic carbocycles. The number of halogens is 1. The van der Waals surface area contributed by atoms with Gasteiger partial charge >= 0.3 is 0 Å². The van der Waals surface area contributed by atoms with Crippen LogP contribution >= 0.6 is 15.9 Å². The molecule has 0 aliphatic carbocycles. The standard InChI is InChI=1S/C20H18BrNO2/c1-13(16-8-4-6-15-5-2-3-7-17(15)16)22-11-14-9-18(21)20-19(10-14)23-12-24-20/h2-10,13,22H,11-12H2,1H3/t13-/m0/s1. The maximum atomic E-state index is 5.49. The highest BCUT2D eigenvalue weighted by Gasteiger charge is 2.18. The van der Waals surface area contributed by atoms with Crippen molar-refractivity contribution in [1.29, 1.82) is 0 Å². The van der Waals surface area contributed by atoms with Crippen LogP contribution in [0.15, 0.2) is 59.1 Å². The first-order chi connectivity index (χ1) is 11.7. The number of fused-ring (bicyclic) bond motifs is 2. The number of hydrogen-bond acceptors (Lipinski definition) is 3. The minimum atomic E-state index is 0.250. The van der Waals surface area contributed by atoms with Gasteiger partial charge in [-0.3, -0.25) is 0 Å². The summed E-state index contributed by atoms with van der Waals surface area (Å²) < 4.78 is 11.9. The quantitative estimate of drug-likeness (QED) is 0.672. The van der Waals surface area contributed by atoms with Gasteiger partial charge in [0.2, 0.25) is 6.79 Å². The molecule has 0 amide bonds. The molecular weight excluding hydrogens is 366 g/mol. The first-order valence-corrected chi connectivity index (χ1v) is 8.81. The molecule has 4 heteroatoms. The third-order valence-electron chi connectivity index (χ3n) is 4.39. The normalized spacial score (nSPS) is 14.1. The topological polar surface area (TPSA) is 30.5 Å². The fourth-order valence-corrected chi connectivity index (χ4v) is 3.74. The van der Waals surface area contributed by atoms with Crippen molar-refractivity contribution in [1.82, 2.24) is 5.32 Å². The summed E-state index contributed by atoms with van der Waals surface area (Å²) in [4.78, 5) is 0. The van der Waals surface area contributed by atoms with E-state index in [1.54, 1.807) is 0 Å². The number of benzene rings is 3. The van der Waals surface area contributed by atoms with Gasteiger partial charge < -0.3 is 14.8 Å². The van der Waals surface area contributed by atoms with E-state index < -0.39 is 0 Å². The molecule has 0 unspecified atom stereocenters. The van der Waals surface area contributed by atoms with Crippen LogP contribution in [0.2, 0.25) is 0 Å². The maximum Gasteiger partial charge on any atom is 0.231 e. The summed E-state index contributed by atoms with van der Waals surface area (Å²) in [5.41, 5.74) is 2.48. The Kier molecular flexibility index (Phi) is 4.17. The van der Waals surface area contributed by atoms with Crippen molar-refractivity contribution in [3.63, 3.8) is 0 Å². The second-order valence-corrected chi connectivity index (χ2v) is 6.84. The first-order valence-electron chi connectivity index (χ1n) is 8.01. The molecule has 0 spiro atoms. The summed E-state index contributed by atoms with van der Waals surface area (Å²) in [6.45, 7) is 3.25. The average Bonchev–Trinajstić information content (AvgIpc) is 3.08. The van der Waals surface area contributed by atoms with Gasteiger partial charge in [0.1, 0.15) is 0 Å². The van der Waals surface area contributed by atoms with Crippen LogP contribution in [0.1, 0.15) is 24.1 Å². The van der Waals surface area contributed by atoms with E-state index in [4.69, 9.17) is 9.47 Å². The van der Waals surface area contributed by atoms with Gasteiger partial charge in [0.25, 0.3) is 0 Å². The highest BCUT2D eigenvalue weighted by molar-refractivity contribution is 9.10. The van der Waals surface area contributed by atoms with Crippen LogP contribution in [0.25, 0.3) is 10.8 Å². The third kappa shape index (κ3) is 2.87. The second kappa shape index (κ2) is 6.46. The summed E-state index contributed by atoms with van der Waals surface area (Å²) in [5, 5.41) is 6.18. The summed E-state index contributed by atoms with van der Waals surface area (Å²) in [7, 11) is 0. The summed E-state index contributed by atoms with van der Waals surface area (Å²) in [6, 6.07) is 19.3. The lowest BCUT2D eigenvalue weighted by molar-refractivity contribution is 0.173. The van der Waals surface area contributed by atoms with Crippen LogP contribution < -0.4 is 14.8 Å². The number of nitrogens with one attached hydrogen (secondary N) is 1. The smallest absolute Gasteiger partial charge is 0.231 e. The molecule has 122 valence electrons. The second-order valence-electron chi connectivity index (χ2n) is 5.98. The van der Waals surface area contributed by atoms with Gasteiger partial charge in [-0.1, -0.05) is 42.5 Å². The molecule has 0 fully saturated rings. The third-order valence-corrected chi connectivity index (χ3v) is 4.98. The van der Waals surface area contributed by atoms with Crippen LogP contribution in [0.5, 0.6) is 11.5 Å². The lowest BCUT2D eigenvalue weighted by Crippen LogP contribution is -2.18. The van der Waals surface area contributed by atoms with E-state index in [0.717, 1.165) is 22.5 Å². The zero-order valence-electron chi connectivity index (χ0n) is 13.4. The minimum Gasteiger partial charge on any atom is -0.454 e. The van der Waals surface area contributed by atoms with Crippen LogP contribution in [-0.4, -0.2) is 6.79 Å². The molecule has 0 bridgehead atoms. The van der Waals surface area contributed by atoms with E-state index in [9.17, 15) is 0 Å². The molecule has 1 N–H and O–H groups in total. The van der Waals surface area contributed by atoms with E-state index in [0.29, 0.717) is 0 Å². The molecule has 1 aliphatic rings. The zero-order valence-corrected chi connectivity index (χ0v) is 15.0. The Bertz CT molecular complexity index is 889. The Morgan fingerprint density at radius 2 is 1.92 bits per heavy atom. The average molecular weight is 384 g/mol. The Labute approximate surface area is 149 Å². The predicted molar refractivity (Wildman–Crippen MR) is 99.5 cm³/mol. The van der Waals surface area contributed by atoms with Crippen LogP contribution in [0, 0.1) is 0 Å². The molecule has 1 aliphatic heterocycles. The Balaban J connectivity index is 1.54. The van der Waals surface area contributed by atoms with E-state index >= 15 is 0 Å². The Morgan fingerprint density at radius 3 is 2.83 bits per heavy atom. The SMILES string of the molecule is C[C@H](NCc1cc(Br)c2c(c1)OCO2)c1cccc2ccccc12. The summed E-state index contributed by atoms with van der Waals surface area (Å²) in [5.74, 6) is 1.60. The van der Waals surface area contributed by atoms with Crippen LogP contribution in [0.3, 0.4) is 0 Å². The van der Waals surface area contributed by atoms with Gasteiger partial charge in [-0.25, -0.2) is 0 Å². The maximum absolute atomic E-state index is 5.49. The van der Waals surface area contributed by atoms with Crippen molar-refractivity contribution in [2.24, 2.45) is 0 Å². The molecule has 0 radical (unpaired) electrons. The molecule has 4 rings (SSSR count). The lowest BCUT2D eigenvalue weighted by Gasteiger charge is -2.17. The van der Waals surface area contributed by atoms with E-state index in [1.807, 2.05) is 6.07 Å². The highest BCUT2D eigenvalue weighted by Crippen LogP contribution is 2.40. The molecule has 0 saturated carbocycles. The highest BCUT2D eigenvalue weighted by atomic mass is 79.9. The van der Waals surface area contributed by atoms with Crippen molar-refractivity contribution < 1.29 is 9.47 Å². The van der Waals surface area contributed by atoms with Gasteiger partial charge in [0, 0.05) is 12.6 Å². The van der Waals surface area contributed by atoms with Crippen LogP contribution in [0.4, 0.5) is 0 Å². The summed E-state index contributed by atoms with van der Waals surface area (Å²) in [6.07, 6.45) is 0. The van der Waals surface area contributed by atoms with Gasteiger partial charge in [-0.15, -0.1) is 0 Å². The molecule has 3 nitrogen and oxygen atoms in total.